The molecule has 7 nitrogen and oxygen atoms in total. The van der Waals surface area contributed by atoms with E-state index in [1.807, 2.05) is 0 Å². The maximum absolute atomic E-state index is 13.6. The molecule has 0 aliphatic carbocycles. The molecule has 0 spiro atoms. The number of alkyl halides is 3. The average Bonchev–Trinajstić information content (AvgIpc) is 3.16. The van der Waals surface area contributed by atoms with Crippen molar-refractivity contribution in [3.63, 3.8) is 0 Å². The molecule has 168 valence electrons. The molecule has 1 atom stereocenters. The van der Waals surface area contributed by atoms with E-state index in [4.69, 9.17) is 9.47 Å². The monoisotopic (exact) mass is 459 g/mol. The number of benzene rings is 2. The Morgan fingerprint density at radius 2 is 1.82 bits per heavy atom. The zero-order chi connectivity index (χ0) is 23.2. The lowest BCUT2D eigenvalue weighted by molar-refractivity contribution is -0.200. The van der Waals surface area contributed by atoms with Crippen LogP contribution in [0.5, 0.6) is 11.5 Å². The maximum atomic E-state index is 13.6. The lowest BCUT2D eigenvalue weighted by Crippen LogP contribution is -2.35. The van der Waals surface area contributed by atoms with E-state index < -0.39 is 24.1 Å². The third-order valence-electron chi connectivity index (χ3n) is 4.91. The zero-order valence-corrected chi connectivity index (χ0v) is 16.5. The normalized spacial score (nSPS) is 15.5. The summed E-state index contributed by atoms with van der Waals surface area (Å²) < 4.78 is 64.4. The smallest absolute Gasteiger partial charge is 0.485 e. The van der Waals surface area contributed by atoms with Crippen LogP contribution >= 0.6 is 0 Å². The van der Waals surface area contributed by atoms with Gasteiger partial charge in [-0.05, 0) is 47.5 Å². The summed E-state index contributed by atoms with van der Waals surface area (Å²) in [5.41, 5.74) is 1.88. The van der Waals surface area contributed by atoms with Crippen LogP contribution in [0.3, 0.4) is 0 Å². The number of pyridine rings is 1. The van der Waals surface area contributed by atoms with Gasteiger partial charge in [-0.15, -0.1) is 0 Å². The number of hydrogen-bond donors (Lipinski definition) is 0. The van der Waals surface area contributed by atoms with Crippen molar-refractivity contribution in [3.05, 3.63) is 72.6 Å². The Morgan fingerprint density at radius 1 is 1.03 bits per heavy atom. The molecule has 11 heteroatoms. The molecule has 0 saturated heterocycles. The molecule has 2 aromatic heterocycles. The van der Waals surface area contributed by atoms with E-state index in [0.29, 0.717) is 4.73 Å². The van der Waals surface area contributed by atoms with Gasteiger partial charge in [0.05, 0.1) is 5.52 Å². The van der Waals surface area contributed by atoms with Crippen molar-refractivity contribution in [3.8, 4) is 22.6 Å². The number of carbonyl (C=O) groups excluding carboxylic acids is 1. The predicted octanol–water partition coefficient (Wildman–Crippen LogP) is 4.27. The number of ether oxygens (including phenoxy) is 2. The summed E-state index contributed by atoms with van der Waals surface area (Å²) in [5.74, 6) is -2.85. The zero-order valence-electron chi connectivity index (χ0n) is 16.5. The van der Waals surface area contributed by atoms with Crippen molar-refractivity contribution in [2.24, 2.45) is 0 Å². The highest BCUT2D eigenvalue weighted by atomic mass is 19.4. The highest BCUT2D eigenvalue weighted by molar-refractivity contribution is 5.84. The fourth-order valence-electron chi connectivity index (χ4n) is 3.41. The molecule has 4 aromatic rings. The van der Waals surface area contributed by atoms with E-state index in [9.17, 15) is 22.4 Å². The molecule has 1 unspecified atom stereocenters. The van der Waals surface area contributed by atoms with Crippen LogP contribution in [-0.4, -0.2) is 33.5 Å². The molecule has 0 N–H and O–H groups in total. The summed E-state index contributed by atoms with van der Waals surface area (Å²) in [6, 6.07) is 11.9. The predicted molar refractivity (Wildman–Crippen MR) is 106 cm³/mol. The molecule has 33 heavy (non-hydrogen) atoms. The molecule has 0 radical (unpaired) electrons. The number of imidazole rings is 1. The van der Waals surface area contributed by atoms with Gasteiger partial charge in [-0.2, -0.15) is 17.9 Å². The molecule has 1 aliphatic heterocycles. The number of aromatic nitrogens is 3. The number of carbonyl (C=O) groups is 1. The van der Waals surface area contributed by atoms with Crippen molar-refractivity contribution < 1.29 is 36.7 Å². The summed E-state index contributed by atoms with van der Waals surface area (Å²) in [6.45, 7) is -0.150. The van der Waals surface area contributed by atoms with E-state index in [0.717, 1.165) is 17.2 Å². The van der Waals surface area contributed by atoms with Crippen LogP contribution in [0.2, 0.25) is 0 Å². The van der Waals surface area contributed by atoms with Crippen LogP contribution in [0.25, 0.3) is 22.2 Å². The Labute approximate surface area is 183 Å². The second-order valence-electron chi connectivity index (χ2n) is 7.09. The van der Waals surface area contributed by atoms with Crippen LogP contribution in [-0.2, 0) is 4.79 Å². The summed E-state index contributed by atoms with van der Waals surface area (Å²) >= 11 is 0. The van der Waals surface area contributed by atoms with Crippen LogP contribution in [0.1, 0.15) is 11.9 Å². The Morgan fingerprint density at radius 3 is 2.58 bits per heavy atom. The van der Waals surface area contributed by atoms with Crippen molar-refractivity contribution in [1.29, 1.82) is 0 Å². The molecule has 5 rings (SSSR count). The standard InChI is InChI=1S/C22H13F4N3O4/c23-14-2-4-17-18(10-14)32-19(11-31-17)20-28-15-9-13(12-5-7-27-8-6-12)1-3-16(15)29(20)33-21(30)22(24,25)26/h1-10,19H,11H2. The minimum absolute atomic E-state index is 0.0458. The number of halogens is 4. The number of hydrogen-bond acceptors (Lipinski definition) is 6. The molecule has 2 aromatic carbocycles. The lowest BCUT2D eigenvalue weighted by Gasteiger charge is -2.26. The first-order valence-electron chi connectivity index (χ1n) is 9.61. The third-order valence-corrected chi connectivity index (χ3v) is 4.91. The largest absolute Gasteiger partial charge is 0.493 e. The quantitative estimate of drug-likeness (QED) is 0.426. The minimum atomic E-state index is -5.23. The average molecular weight is 459 g/mol. The lowest BCUT2D eigenvalue weighted by atomic mass is 10.1. The van der Waals surface area contributed by atoms with Gasteiger partial charge in [-0.25, -0.2) is 14.2 Å². The van der Waals surface area contributed by atoms with E-state index >= 15 is 0 Å². The van der Waals surface area contributed by atoms with Gasteiger partial charge in [0, 0.05) is 18.5 Å². The maximum Gasteiger partial charge on any atom is 0.493 e. The van der Waals surface area contributed by atoms with Crippen LogP contribution < -0.4 is 14.3 Å². The van der Waals surface area contributed by atoms with E-state index in [2.05, 4.69) is 14.8 Å². The van der Waals surface area contributed by atoms with E-state index in [-0.39, 0.29) is 35.0 Å². The highest BCUT2D eigenvalue weighted by Gasteiger charge is 2.43. The molecule has 3 heterocycles. The Balaban J connectivity index is 1.60. The van der Waals surface area contributed by atoms with Crippen LogP contribution in [0, 0.1) is 5.82 Å². The topological polar surface area (TPSA) is 75.5 Å². The molecule has 0 fully saturated rings. The second kappa shape index (κ2) is 7.76. The van der Waals surface area contributed by atoms with Gasteiger partial charge in [0.25, 0.3) is 0 Å². The van der Waals surface area contributed by atoms with E-state index in [1.165, 1.54) is 18.2 Å². The first-order chi connectivity index (χ1) is 15.8. The van der Waals surface area contributed by atoms with Gasteiger partial charge in [0.1, 0.15) is 17.9 Å². The highest BCUT2D eigenvalue weighted by Crippen LogP contribution is 2.37. The molecule has 0 bridgehead atoms. The van der Waals surface area contributed by atoms with Crippen molar-refractivity contribution >= 4 is 17.0 Å². The Hall–Kier alpha value is -4.15. The van der Waals surface area contributed by atoms with Crippen LogP contribution in [0.4, 0.5) is 17.6 Å². The second-order valence-corrected chi connectivity index (χ2v) is 7.09. The summed E-state index contributed by atoms with van der Waals surface area (Å²) in [6.07, 6.45) is -3.11. The summed E-state index contributed by atoms with van der Waals surface area (Å²) in [7, 11) is 0. The van der Waals surface area contributed by atoms with Gasteiger partial charge in [-0.3, -0.25) is 4.98 Å². The van der Waals surface area contributed by atoms with Crippen molar-refractivity contribution in [1.82, 2.24) is 14.7 Å². The number of nitrogens with zero attached hydrogens (tertiary/aromatic N) is 3. The van der Waals surface area contributed by atoms with Crippen molar-refractivity contribution in [2.45, 2.75) is 12.3 Å². The number of fused-ring (bicyclic) bond motifs is 2. The SMILES string of the molecule is O=C(On1c(C2COc3ccc(F)cc3O2)nc2cc(-c3ccncc3)ccc21)C(F)(F)F. The summed E-state index contributed by atoms with van der Waals surface area (Å²) in [5, 5.41) is 0. The molecule has 0 saturated carbocycles. The van der Waals surface area contributed by atoms with Gasteiger partial charge >= 0.3 is 12.1 Å². The minimum Gasteiger partial charge on any atom is -0.485 e. The first kappa shape index (κ1) is 20.7. The molecular formula is C22H13F4N3O4. The Kier molecular flexibility index (Phi) is 4.88. The third kappa shape index (κ3) is 3.93. The van der Waals surface area contributed by atoms with Gasteiger partial charge < -0.3 is 14.3 Å². The van der Waals surface area contributed by atoms with Gasteiger partial charge in [0.15, 0.2) is 23.4 Å². The van der Waals surface area contributed by atoms with E-state index in [1.54, 1.807) is 36.7 Å². The first-order valence-corrected chi connectivity index (χ1v) is 9.61. The number of rotatable bonds is 3. The van der Waals surface area contributed by atoms with Gasteiger partial charge in [-0.1, -0.05) is 6.07 Å². The molecule has 0 amide bonds. The van der Waals surface area contributed by atoms with Gasteiger partial charge in [0.2, 0.25) is 0 Å². The molecule has 1 aliphatic rings. The van der Waals surface area contributed by atoms with Crippen LogP contribution in [0.15, 0.2) is 60.9 Å². The fraction of sp³-hybridized carbons (Fsp3) is 0.136. The van der Waals surface area contributed by atoms with Crippen molar-refractivity contribution in [2.75, 3.05) is 6.61 Å². The molecular weight excluding hydrogens is 446 g/mol. The Bertz CT molecular complexity index is 1360. The fourth-order valence-corrected chi connectivity index (χ4v) is 3.41. The summed E-state index contributed by atoms with van der Waals surface area (Å²) in [4.78, 5) is 24.6.